The second kappa shape index (κ2) is 8.87. The third kappa shape index (κ3) is 4.91. The first kappa shape index (κ1) is 17.8. The molecule has 5 heteroatoms. The summed E-state index contributed by atoms with van der Waals surface area (Å²) >= 11 is 0. The van der Waals surface area contributed by atoms with Crippen molar-refractivity contribution < 1.29 is 23.8 Å². The Morgan fingerprint density at radius 1 is 1.14 bits per heavy atom. The molecule has 0 radical (unpaired) electrons. The van der Waals surface area contributed by atoms with Gasteiger partial charge in [0.1, 0.15) is 11.3 Å². The number of benzene rings is 1. The van der Waals surface area contributed by atoms with Crippen LogP contribution in [-0.4, -0.2) is 33.3 Å². The van der Waals surface area contributed by atoms with Gasteiger partial charge in [0.15, 0.2) is 0 Å². The van der Waals surface area contributed by atoms with E-state index < -0.39 is 5.97 Å². The maximum Gasteiger partial charge on any atom is 0.341 e. The van der Waals surface area contributed by atoms with Crippen LogP contribution in [0, 0.1) is 6.92 Å². The Kier molecular flexibility index (Phi) is 7.16. The molecule has 0 aromatic heterocycles. The molecule has 1 rings (SSSR count). The van der Waals surface area contributed by atoms with Gasteiger partial charge in [-0.15, -0.1) is 0 Å². The highest BCUT2D eigenvalue weighted by atomic mass is 16.5. The molecule has 5 nitrogen and oxygen atoms in total. The minimum absolute atomic E-state index is 0.207. The fraction of sp³-hybridized carbons (Fsp3) is 0.412. The Balaban J connectivity index is 2.81. The van der Waals surface area contributed by atoms with Gasteiger partial charge < -0.3 is 14.2 Å². The lowest BCUT2D eigenvalue weighted by atomic mass is 10.0. The van der Waals surface area contributed by atoms with Gasteiger partial charge in [0, 0.05) is 6.42 Å². The van der Waals surface area contributed by atoms with Gasteiger partial charge in [-0.05, 0) is 43.0 Å². The van der Waals surface area contributed by atoms with E-state index in [0.29, 0.717) is 17.7 Å². The molecule has 0 aliphatic heterocycles. The number of rotatable bonds is 7. The lowest BCUT2D eigenvalue weighted by Gasteiger charge is -2.11. The van der Waals surface area contributed by atoms with Gasteiger partial charge >= 0.3 is 11.9 Å². The Labute approximate surface area is 130 Å². The van der Waals surface area contributed by atoms with E-state index in [0.717, 1.165) is 24.0 Å². The summed E-state index contributed by atoms with van der Waals surface area (Å²) in [5.74, 6) is -0.114. The van der Waals surface area contributed by atoms with Crippen molar-refractivity contribution in [2.24, 2.45) is 0 Å². The maximum absolute atomic E-state index is 11.8. The number of carbonyl (C=O) groups excluding carboxylic acids is 2. The van der Waals surface area contributed by atoms with Gasteiger partial charge in [0.05, 0.1) is 21.3 Å². The number of carbonyl (C=O) groups is 2. The SMILES string of the molecule is COC(=O)CCC/C=C\c1cc(C)c(OC)c(C(=O)OC)c1. The first-order valence-corrected chi connectivity index (χ1v) is 7.03. The normalized spacial score (nSPS) is 10.5. The summed E-state index contributed by atoms with van der Waals surface area (Å²) in [5, 5.41) is 0. The van der Waals surface area contributed by atoms with Crippen molar-refractivity contribution in [1.82, 2.24) is 0 Å². The highest BCUT2D eigenvalue weighted by molar-refractivity contribution is 5.93. The molecule has 0 saturated heterocycles. The highest BCUT2D eigenvalue weighted by Gasteiger charge is 2.15. The zero-order valence-electron chi connectivity index (χ0n) is 13.5. The van der Waals surface area contributed by atoms with E-state index in [9.17, 15) is 9.59 Å². The fourth-order valence-electron chi connectivity index (χ4n) is 2.12. The molecule has 0 aliphatic carbocycles. The first-order valence-electron chi connectivity index (χ1n) is 7.03. The van der Waals surface area contributed by atoms with Gasteiger partial charge in [-0.25, -0.2) is 4.79 Å². The second-order valence-corrected chi connectivity index (χ2v) is 4.78. The standard InChI is InChI=1S/C17H22O5/c1-12-10-13(8-6-5-7-9-15(18)20-2)11-14(16(12)21-3)17(19)22-4/h6,8,10-11H,5,7,9H2,1-4H3/b8-6-. The van der Waals surface area contributed by atoms with E-state index in [4.69, 9.17) is 9.47 Å². The fourth-order valence-corrected chi connectivity index (χ4v) is 2.12. The largest absolute Gasteiger partial charge is 0.496 e. The number of hydrogen-bond acceptors (Lipinski definition) is 5. The van der Waals surface area contributed by atoms with Crippen molar-refractivity contribution in [2.75, 3.05) is 21.3 Å². The Bertz CT molecular complexity index is 560. The Morgan fingerprint density at radius 3 is 2.45 bits per heavy atom. The van der Waals surface area contributed by atoms with E-state index in [1.807, 2.05) is 25.1 Å². The van der Waals surface area contributed by atoms with Crippen molar-refractivity contribution in [3.05, 3.63) is 34.9 Å². The highest BCUT2D eigenvalue weighted by Crippen LogP contribution is 2.26. The Hall–Kier alpha value is -2.30. The molecule has 0 aliphatic rings. The summed E-state index contributed by atoms with van der Waals surface area (Å²) in [6.45, 7) is 1.87. The molecule has 0 fully saturated rings. The van der Waals surface area contributed by atoms with Gasteiger partial charge in [0.2, 0.25) is 0 Å². The van der Waals surface area contributed by atoms with Crippen molar-refractivity contribution in [1.29, 1.82) is 0 Å². The predicted octanol–water partition coefficient (Wildman–Crippen LogP) is 3.15. The minimum Gasteiger partial charge on any atom is -0.496 e. The van der Waals surface area contributed by atoms with Crippen LogP contribution in [0.4, 0.5) is 0 Å². The molecule has 0 atom stereocenters. The molecule has 0 saturated carbocycles. The molecule has 0 amide bonds. The van der Waals surface area contributed by atoms with Gasteiger partial charge in [-0.2, -0.15) is 0 Å². The molecule has 0 bridgehead atoms. The number of aryl methyl sites for hydroxylation is 1. The number of unbranched alkanes of at least 4 members (excludes halogenated alkanes) is 1. The molecule has 0 heterocycles. The summed E-state index contributed by atoms with van der Waals surface area (Å²) in [4.78, 5) is 22.8. The Morgan fingerprint density at radius 2 is 1.86 bits per heavy atom. The smallest absolute Gasteiger partial charge is 0.341 e. The van der Waals surface area contributed by atoms with Gasteiger partial charge in [-0.1, -0.05) is 12.2 Å². The molecule has 0 N–H and O–H groups in total. The van der Waals surface area contributed by atoms with Crippen LogP contribution in [-0.2, 0) is 14.3 Å². The van der Waals surface area contributed by atoms with Crippen LogP contribution in [0.15, 0.2) is 18.2 Å². The van der Waals surface area contributed by atoms with Crippen LogP contribution in [0.3, 0.4) is 0 Å². The molecule has 1 aromatic rings. The summed E-state index contributed by atoms with van der Waals surface area (Å²) in [6, 6.07) is 3.66. The van der Waals surface area contributed by atoms with Crippen LogP contribution < -0.4 is 4.74 Å². The third-order valence-electron chi connectivity index (χ3n) is 3.20. The van der Waals surface area contributed by atoms with Crippen LogP contribution in [0.25, 0.3) is 6.08 Å². The second-order valence-electron chi connectivity index (χ2n) is 4.78. The topological polar surface area (TPSA) is 61.8 Å². The van der Waals surface area contributed by atoms with E-state index in [-0.39, 0.29) is 5.97 Å². The number of esters is 2. The molecule has 0 unspecified atom stereocenters. The average Bonchev–Trinajstić information content (AvgIpc) is 2.52. The van der Waals surface area contributed by atoms with Gasteiger partial charge in [-0.3, -0.25) is 4.79 Å². The number of ether oxygens (including phenoxy) is 3. The minimum atomic E-state index is -0.430. The quantitative estimate of drug-likeness (QED) is 0.572. The van der Waals surface area contributed by atoms with E-state index >= 15 is 0 Å². The molecule has 1 aromatic carbocycles. The molecular weight excluding hydrogens is 284 g/mol. The summed E-state index contributed by atoms with van der Waals surface area (Å²) in [7, 11) is 4.25. The van der Waals surface area contributed by atoms with Crippen LogP contribution in [0.2, 0.25) is 0 Å². The number of methoxy groups -OCH3 is 3. The molecule has 120 valence electrons. The van der Waals surface area contributed by atoms with Crippen LogP contribution >= 0.6 is 0 Å². The lowest BCUT2D eigenvalue weighted by molar-refractivity contribution is -0.140. The zero-order valence-corrected chi connectivity index (χ0v) is 13.5. The van der Waals surface area contributed by atoms with Crippen molar-refractivity contribution in [3.8, 4) is 5.75 Å². The molecule has 0 spiro atoms. The number of hydrogen-bond donors (Lipinski definition) is 0. The average molecular weight is 306 g/mol. The van der Waals surface area contributed by atoms with E-state index in [2.05, 4.69) is 4.74 Å². The van der Waals surface area contributed by atoms with Crippen molar-refractivity contribution >= 4 is 18.0 Å². The first-order chi connectivity index (χ1) is 10.5. The van der Waals surface area contributed by atoms with Crippen LogP contribution in [0.1, 0.15) is 40.7 Å². The zero-order chi connectivity index (χ0) is 16.5. The molecule has 22 heavy (non-hydrogen) atoms. The van der Waals surface area contributed by atoms with E-state index in [1.54, 1.807) is 6.07 Å². The molecular formula is C17H22O5. The lowest BCUT2D eigenvalue weighted by Crippen LogP contribution is -2.05. The van der Waals surface area contributed by atoms with Crippen LogP contribution in [0.5, 0.6) is 5.75 Å². The van der Waals surface area contributed by atoms with Crippen molar-refractivity contribution in [3.63, 3.8) is 0 Å². The third-order valence-corrected chi connectivity index (χ3v) is 3.20. The maximum atomic E-state index is 11.8. The summed E-state index contributed by atoms with van der Waals surface area (Å²) in [5.41, 5.74) is 2.15. The monoisotopic (exact) mass is 306 g/mol. The number of allylic oxidation sites excluding steroid dienone is 1. The van der Waals surface area contributed by atoms with Gasteiger partial charge in [0.25, 0.3) is 0 Å². The predicted molar refractivity (Wildman–Crippen MR) is 84.0 cm³/mol. The summed E-state index contributed by atoms with van der Waals surface area (Å²) < 4.78 is 14.6. The van der Waals surface area contributed by atoms with Crippen molar-refractivity contribution in [2.45, 2.75) is 26.2 Å². The van der Waals surface area contributed by atoms with E-state index in [1.165, 1.54) is 21.3 Å². The summed E-state index contributed by atoms with van der Waals surface area (Å²) in [6.07, 6.45) is 5.76.